The zero-order valence-electron chi connectivity index (χ0n) is 7.63. The van der Waals surface area contributed by atoms with Crippen molar-refractivity contribution in [2.45, 2.75) is 13.8 Å². The Bertz CT molecular complexity index is 323. The van der Waals surface area contributed by atoms with Gasteiger partial charge in [-0.25, -0.2) is 10.6 Å². The van der Waals surface area contributed by atoms with Crippen molar-refractivity contribution in [1.29, 1.82) is 0 Å². The predicted octanol–water partition coefficient (Wildman–Crippen LogP) is 1.27. The summed E-state index contributed by atoms with van der Waals surface area (Å²) in [5.41, 5.74) is 3.91. The Kier molecular flexibility index (Phi) is 2.87. The molecule has 0 fully saturated rings. The van der Waals surface area contributed by atoms with Crippen LogP contribution in [0.4, 0.5) is 4.79 Å². The van der Waals surface area contributed by atoms with Gasteiger partial charge in [0.15, 0.2) is 0 Å². The lowest BCUT2D eigenvalue weighted by molar-refractivity contribution is 0.200. The first-order chi connectivity index (χ1) is 6.15. The third-order valence-corrected chi connectivity index (χ3v) is 1.88. The van der Waals surface area contributed by atoms with Crippen molar-refractivity contribution >= 4 is 6.09 Å². The third-order valence-electron chi connectivity index (χ3n) is 1.88. The molecule has 70 valence electrons. The van der Waals surface area contributed by atoms with Crippen molar-refractivity contribution in [2.75, 3.05) is 0 Å². The number of nitrogens with two attached hydrogens (primary N) is 1. The van der Waals surface area contributed by atoms with Gasteiger partial charge in [-0.3, -0.25) is 5.43 Å². The molecule has 1 amide bonds. The van der Waals surface area contributed by atoms with Gasteiger partial charge >= 0.3 is 6.09 Å². The highest BCUT2D eigenvalue weighted by atomic mass is 16.6. The zero-order chi connectivity index (χ0) is 9.84. The third kappa shape index (κ3) is 2.19. The van der Waals surface area contributed by atoms with E-state index < -0.39 is 6.09 Å². The molecule has 0 radical (unpaired) electrons. The molecule has 0 aromatic heterocycles. The van der Waals surface area contributed by atoms with Crippen molar-refractivity contribution in [3.05, 3.63) is 29.3 Å². The van der Waals surface area contributed by atoms with Gasteiger partial charge in [0, 0.05) is 0 Å². The fraction of sp³-hybridized carbons (Fsp3) is 0.222. The summed E-state index contributed by atoms with van der Waals surface area (Å²) in [6.07, 6.45) is -0.659. The van der Waals surface area contributed by atoms with Crippen LogP contribution in [0, 0.1) is 13.8 Å². The minimum atomic E-state index is -0.659. The molecule has 0 saturated heterocycles. The molecular weight excluding hydrogens is 168 g/mol. The molecule has 1 aromatic rings. The van der Waals surface area contributed by atoms with E-state index in [9.17, 15) is 4.79 Å². The maximum absolute atomic E-state index is 10.8. The Morgan fingerprint density at radius 3 is 2.77 bits per heavy atom. The Morgan fingerprint density at radius 1 is 1.46 bits per heavy atom. The standard InChI is InChI=1S/C9H12N2O2/c1-6-4-3-5-8(7(6)2)13-9(12)11-10/h3-5H,10H2,1-2H3,(H,11,12). The van der Waals surface area contributed by atoms with Crippen LogP contribution in [-0.4, -0.2) is 6.09 Å². The second-order valence-electron chi connectivity index (χ2n) is 2.73. The van der Waals surface area contributed by atoms with E-state index in [1.807, 2.05) is 31.4 Å². The van der Waals surface area contributed by atoms with Crippen LogP contribution < -0.4 is 16.0 Å². The van der Waals surface area contributed by atoms with Crippen LogP contribution >= 0.6 is 0 Å². The molecule has 13 heavy (non-hydrogen) atoms. The molecule has 0 bridgehead atoms. The normalized spacial score (nSPS) is 9.46. The number of hydrogen-bond acceptors (Lipinski definition) is 3. The summed E-state index contributed by atoms with van der Waals surface area (Å²) in [6.45, 7) is 3.83. The summed E-state index contributed by atoms with van der Waals surface area (Å²) in [4.78, 5) is 10.8. The monoisotopic (exact) mass is 180 g/mol. The maximum atomic E-state index is 10.8. The van der Waals surface area contributed by atoms with Gasteiger partial charge < -0.3 is 4.74 Å². The van der Waals surface area contributed by atoms with Crippen LogP contribution in [0.1, 0.15) is 11.1 Å². The fourth-order valence-corrected chi connectivity index (χ4v) is 0.964. The molecule has 0 heterocycles. The molecule has 0 saturated carbocycles. The van der Waals surface area contributed by atoms with E-state index in [2.05, 4.69) is 0 Å². The summed E-state index contributed by atoms with van der Waals surface area (Å²) in [7, 11) is 0. The van der Waals surface area contributed by atoms with Gasteiger partial charge in [0.2, 0.25) is 0 Å². The van der Waals surface area contributed by atoms with Gasteiger partial charge in [-0.05, 0) is 31.0 Å². The second kappa shape index (κ2) is 3.91. The van der Waals surface area contributed by atoms with Crippen molar-refractivity contribution in [2.24, 2.45) is 5.84 Å². The number of nitrogens with one attached hydrogen (secondary N) is 1. The quantitative estimate of drug-likeness (QED) is 0.388. The second-order valence-corrected chi connectivity index (χ2v) is 2.73. The van der Waals surface area contributed by atoms with Crippen LogP contribution in [0.2, 0.25) is 0 Å². The molecule has 3 N–H and O–H groups in total. The fourth-order valence-electron chi connectivity index (χ4n) is 0.964. The number of ether oxygens (including phenoxy) is 1. The molecule has 4 heteroatoms. The first-order valence-corrected chi connectivity index (χ1v) is 3.90. The molecule has 0 unspecified atom stereocenters. The number of benzene rings is 1. The highest BCUT2D eigenvalue weighted by Crippen LogP contribution is 2.20. The van der Waals surface area contributed by atoms with Crippen LogP contribution in [-0.2, 0) is 0 Å². The molecule has 4 nitrogen and oxygen atoms in total. The van der Waals surface area contributed by atoms with E-state index in [-0.39, 0.29) is 0 Å². The van der Waals surface area contributed by atoms with Crippen LogP contribution in [0.3, 0.4) is 0 Å². The summed E-state index contributed by atoms with van der Waals surface area (Å²) in [5.74, 6) is 5.41. The average Bonchev–Trinajstić information content (AvgIpc) is 2.13. The Balaban J connectivity index is 2.89. The topological polar surface area (TPSA) is 64.3 Å². The molecule has 0 aliphatic heterocycles. The van der Waals surface area contributed by atoms with E-state index >= 15 is 0 Å². The first-order valence-electron chi connectivity index (χ1n) is 3.90. The number of hydrogen-bond donors (Lipinski definition) is 2. The van der Waals surface area contributed by atoms with E-state index in [0.29, 0.717) is 5.75 Å². The highest BCUT2D eigenvalue weighted by Gasteiger charge is 2.05. The molecule has 0 aliphatic rings. The number of carbonyl (C=O) groups is 1. The average molecular weight is 180 g/mol. The number of carbonyl (C=O) groups excluding carboxylic acids is 1. The maximum Gasteiger partial charge on any atom is 0.426 e. The molecule has 1 rings (SSSR count). The van der Waals surface area contributed by atoms with Gasteiger partial charge in [-0.1, -0.05) is 12.1 Å². The van der Waals surface area contributed by atoms with Gasteiger partial charge in [-0.2, -0.15) is 0 Å². The van der Waals surface area contributed by atoms with Crippen molar-refractivity contribution in [3.63, 3.8) is 0 Å². The lowest BCUT2D eigenvalue weighted by Gasteiger charge is -2.07. The Morgan fingerprint density at radius 2 is 2.15 bits per heavy atom. The number of hydrazine groups is 1. The summed E-state index contributed by atoms with van der Waals surface area (Å²) in [6, 6.07) is 5.49. The molecule has 1 aromatic carbocycles. The van der Waals surface area contributed by atoms with Crippen molar-refractivity contribution in [3.8, 4) is 5.75 Å². The summed E-state index contributed by atoms with van der Waals surface area (Å²) >= 11 is 0. The minimum absolute atomic E-state index is 0.531. The zero-order valence-corrected chi connectivity index (χ0v) is 7.63. The largest absolute Gasteiger partial charge is 0.426 e. The molecular formula is C9H12N2O2. The van der Waals surface area contributed by atoms with E-state index in [1.165, 1.54) is 0 Å². The first kappa shape index (κ1) is 9.54. The van der Waals surface area contributed by atoms with E-state index in [4.69, 9.17) is 10.6 Å². The van der Waals surface area contributed by atoms with Crippen LogP contribution in [0.15, 0.2) is 18.2 Å². The predicted molar refractivity (Wildman–Crippen MR) is 49.3 cm³/mol. The Hall–Kier alpha value is -1.55. The van der Waals surface area contributed by atoms with Crippen molar-refractivity contribution < 1.29 is 9.53 Å². The van der Waals surface area contributed by atoms with Gasteiger partial charge in [0.1, 0.15) is 5.75 Å². The van der Waals surface area contributed by atoms with E-state index in [0.717, 1.165) is 11.1 Å². The number of aryl methyl sites for hydroxylation is 1. The smallest absolute Gasteiger partial charge is 0.409 e. The minimum Gasteiger partial charge on any atom is -0.409 e. The van der Waals surface area contributed by atoms with Crippen molar-refractivity contribution in [1.82, 2.24) is 5.43 Å². The number of rotatable bonds is 1. The molecule has 0 aliphatic carbocycles. The van der Waals surface area contributed by atoms with Gasteiger partial charge in [0.05, 0.1) is 0 Å². The molecule has 0 spiro atoms. The molecule has 0 atom stereocenters. The van der Waals surface area contributed by atoms with E-state index in [1.54, 1.807) is 6.07 Å². The Labute approximate surface area is 76.7 Å². The van der Waals surface area contributed by atoms with Crippen LogP contribution in [0.25, 0.3) is 0 Å². The summed E-state index contributed by atoms with van der Waals surface area (Å²) in [5, 5.41) is 0. The summed E-state index contributed by atoms with van der Waals surface area (Å²) < 4.78 is 4.90. The SMILES string of the molecule is Cc1cccc(OC(=O)NN)c1C. The lowest BCUT2D eigenvalue weighted by Crippen LogP contribution is -2.32. The lowest BCUT2D eigenvalue weighted by atomic mass is 10.1. The van der Waals surface area contributed by atoms with Crippen LogP contribution in [0.5, 0.6) is 5.75 Å². The highest BCUT2D eigenvalue weighted by molar-refractivity contribution is 5.70. The van der Waals surface area contributed by atoms with Gasteiger partial charge in [-0.15, -0.1) is 0 Å². The van der Waals surface area contributed by atoms with Gasteiger partial charge in [0.25, 0.3) is 0 Å². The number of amides is 1.